The first kappa shape index (κ1) is 16.1. The van der Waals surface area contributed by atoms with Gasteiger partial charge >= 0.3 is 6.03 Å². The van der Waals surface area contributed by atoms with Crippen molar-refractivity contribution >= 4 is 17.6 Å². The molecule has 1 atom stereocenters. The maximum Gasteiger partial charge on any atom is 0.315 e. The first-order chi connectivity index (χ1) is 10.6. The van der Waals surface area contributed by atoms with E-state index in [-0.39, 0.29) is 18.0 Å². The number of methoxy groups -OCH3 is 1. The summed E-state index contributed by atoms with van der Waals surface area (Å²) in [4.78, 5) is 25.5. The summed E-state index contributed by atoms with van der Waals surface area (Å²) in [7, 11) is 1.60. The van der Waals surface area contributed by atoms with Gasteiger partial charge in [0.25, 0.3) is 0 Å². The third kappa shape index (κ3) is 4.13. The van der Waals surface area contributed by atoms with E-state index in [2.05, 4.69) is 17.6 Å². The standard InChI is InChI=1S/C16H23N3O3/c1-3-4-9-17-16(21)18-12-10-15(20)19(11-12)13-5-7-14(22-2)8-6-13/h5-8,12H,3-4,9-11H2,1-2H3,(H2,17,18,21). The van der Waals surface area contributed by atoms with Gasteiger partial charge in [0.1, 0.15) is 5.75 Å². The fourth-order valence-electron chi connectivity index (χ4n) is 2.43. The minimum Gasteiger partial charge on any atom is -0.497 e. The Morgan fingerprint density at radius 1 is 1.36 bits per heavy atom. The summed E-state index contributed by atoms with van der Waals surface area (Å²) in [5.41, 5.74) is 0.821. The van der Waals surface area contributed by atoms with Crippen molar-refractivity contribution in [1.29, 1.82) is 0 Å². The lowest BCUT2D eigenvalue weighted by molar-refractivity contribution is -0.117. The van der Waals surface area contributed by atoms with Crippen molar-refractivity contribution in [3.63, 3.8) is 0 Å². The van der Waals surface area contributed by atoms with Gasteiger partial charge in [-0.15, -0.1) is 0 Å². The fourth-order valence-corrected chi connectivity index (χ4v) is 2.43. The quantitative estimate of drug-likeness (QED) is 0.789. The molecule has 0 saturated carbocycles. The summed E-state index contributed by atoms with van der Waals surface area (Å²) >= 11 is 0. The number of ether oxygens (including phenoxy) is 1. The molecule has 1 fully saturated rings. The van der Waals surface area contributed by atoms with Crippen molar-refractivity contribution < 1.29 is 14.3 Å². The minimum absolute atomic E-state index is 0.0176. The van der Waals surface area contributed by atoms with E-state index in [0.717, 1.165) is 24.3 Å². The predicted molar refractivity (Wildman–Crippen MR) is 85.2 cm³/mol. The molecular formula is C16H23N3O3. The van der Waals surface area contributed by atoms with Gasteiger partial charge < -0.3 is 20.3 Å². The van der Waals surface area contributed by atoms with Crippen LogP contribution in [0.4, 0.5) is 10.5 Å². The van der Waals surface area contributed by atoms with E-state index in [0.29, 0.717) is 19.5 Å². The van der Waals surface area contributed by atoms with Crippen molar-refractivity contribution in [3.05, 3.63) is 24.3 Å². The molecule has 1 heterocycles. The van der Waals surface area contributed by atoms with E-state index < -0.39 is 0 Å². The normalized spacial score (nSPS) is 17.5. The third-order valence-electron chi connectivity index (χ3n) is 3.66. The van der Waals surface area contributed by atoms with Crippen LogP contribution in [0.25, 0.3) is 0 Å². The molecule has 0 aromatic heterocycles. The Balaban J connectivity index is 1.88. The number of carbonyl (C=O) groups excluding carboxylic acids is 2. The zero-order valence-electron chi connectivity index (χ0n) is 13.1. The summed E-state index contributed by atoms with van der Waals surface area (Å²) in [6, 6.07) is 6.97. The molecule has 1 aliphatic heterocycles. The highest BCUT2D eigenvalue weighted by Gasteiger charge is 2.31. The zero-order chi connectivity index (χ0) is 15.9. The highest BCUT2D eigenvalue weighted by atomic mass is 16.5. The molecule has 6 nitrogen and oxygen atoms in total. The largest absolute Gasteiger partial charge is 0.497 e. The van der Waals surface area contributed by atoms with Gasteiger partial charge in [-0.2, -0.15) is 0 Å². The van der Waals surface area contributed by atoms with Gasteiger partial charge in [-0.25, -0.2) is 4.79 Å². The van der Waals surface area contributed by atoms with Gasteiger partial charge in [-0.05, 0) is 30.7 Å². The number of nitrogens with zero attached hydrogens (tertiary/aromatic N) is 1. The first-order valence-corrected chi connectivity index (χ1v) is 7.62. The van der Waals surface area contributed by atoms with Crippen LogP contribution in [0.2, 0.25) is 0 Å². The van der Waals surface area contributed by atoms with Crippen molar-refractivity contribution in [3.8, 4) is 5.75 Å². The number of benzene rings is 1. The van der Waals surface area contributed by atoms with Crippen molar-refractivity contribution in [2.75, 3.05) is 25.1 Å². The summed E-state index contributed by atoms with van der Waals surface area (Å²) in [6.45, 7) is 3.22. The summed E-state index contributed by atoms with van der Waals surface area (Å²) in [5, 5.41) is 5.65. The average Bonchev–Trinajstić information content (AvgIpc) is 2.88. The topological polar surface area (TPSA) is 70.7 Å². The molecule has 1 aromatic rings. The molecule has 0 bridgehead atoms. The summed E-state index contributed by atoms with van der Waals surface area (Å²) < 4.78 is 5.11. The number of hydrogen-bond acceptors (Lipinski definition) is 3. The molecule has 1 unspecified atom stereocenters. The fraction of sp³-hybridized carbons (Fsp3) is 0.500. The zero-order valence-corrected chi connectivity index (χ0v) is 13.1. The van der Waals surface area contributed by atoms with E-state index in [1.54, 1.807) is 12.0 Å². The summed E-state index contributed by atoms with van der Waals surface area (Å²) in [5.74, 6) is 0.768. The first-order valence-electron chi connectivity index (χ1n) is 7.62. The SMILES string of the molecule is CCCCNC(=O)NC1CC(=O)N(c2ccc(OC)cc2)C1. The highest BCUT2D eigenvalue weighted by molar-refractivity contribution is 5.96. The Hall–Kier alpha value is -2.24. The number of amides is 3. The van der Waals surface area contributed by atoms with E-state index in [4.69, 9.17) is 4.74 Å². The Bertz CT molecular complexity index is 516. The number of carbonyl (C=O) groups is 2. The van der Waals surface area contributed by atoms with Crippen LogP contribution in [-0.4, -0.2) is 38.2 Å². The lowest BCUT2D eigenvalue weighted by Gasteiger charge is -2.17. The van der Waals surface area contributed by atoms with E-state index in [1.165, 1.54) is 0 Å². The van der Waals surface area contributed by atoms with Crippen LogP contribution in [0, 0.1) is 0 Å². The lowest BCUT2D eigenvalue weighted by Crippen LogP contribution is -2.43. The second kappa shape index (κ2) is 7.68. The smallest absolute Gasteiger partial charge is 0.315 e. The maximum atomic E-state index is 12.1. The summed E-state index contributed by atoms with van der Waals surface area (Å²) in [6.07, 6.45) is 2.32. The molecule has 6 heteroatoms. The predicted octanol–water partition coefficient (Wildman–Crippen LogP) is 1.90. The average molecular weight is 305 g/mol. The van der Waals surface area contributed by atoms with Gasteiger partial charge in [-0.1, -0.05) is 13.3 Å². The molecule has 2 rings (SSSR count). The third-order valence-corrected chi connectivity index (χ3v) is 3.66. The van der Waals surface area contributed by atoms with Gasteiger partial charge in [0.15, 0.2) is 0 Å². The van der Waals surface area contributed by atoms with Crippen molar-refractivity contribution in [2.24, 2.45) is 0 Å². The Morgan fingerprint density at radius 2 is 2.09 bits per heavy atom. The lowest BCUT2D eigenvalue weighted by atomic mass is 10.2. The molecule has 2 N–H and O–H groups in total. The van der Waals surface area contributed by atoms with Crippen LogP contribution in [0.3, 0.4) is 0 Å². The van der Waals surface area contributed by atoms with Crippen LogP contribution in [0.1, 0.15) is 26.2 Å². The van der Waals surface area contributed by atoms with Gasteiger partial charge in [0.05, 0.1) is 13.2 Å². The van der Waals surface area contributed by atoms with Crippen molar-refractivity contribution in [2.45, 2.75) is 32.2 Å². The van der Waals surface area contributed by atoms with Crippen LogP contribution in [0.15, 0.2) is 24.3 Å². The van der Waals surface area contributed by atoms with Crippen LogP contribution < -0.4 is 20.3 Å². The number of nitrogens with one attached hydrogen (secondary N) is 2. The van der Waals surface area contributed by atoms with Gasteiger partial charge in [0.2, 0.25) is 5.91 Å². The monoisotopic (exact) mass is 305 g/mol. The van der Waals surface area contributed by atoms with E-state index in [1.807, 2.05) is 24.3 Å². The molecule has 22 heavy (non-hydrogen) atoms. The molecule has 1 aliphatic rings. The van der Waals surface area contributed by atoms with Crippen LogP contribution >= 0.6 is 0 Å². The van der Waals surface area contributed by atoms with Crippen molar-refractivity contribution in [1.82, 2.24) is 10.6 Å². The number of unbranched alkanes of at least 4 members (excludes halogenated alkanes) is 1. The van der Waals surface area contributed by atoms with Crippen LogP contribution in [-0.2, 0) is 4.79 Å². The second-order valence-corrected chi connectivity index (χ2v) is 5.36. The van der Waals surface area contributed by atoms with Crippen LogP contribution in [0.5, 0.6) is 5.75 Å². The van der Waals surface area contributed by atoms with E-state index >= 15 is 0 Å². The molecule has 0 spiro atoms. The maximum absolute atomic E-state index is 12.1. The number of rotatable bonds is 6. The Kier molecular flexibility index (Phi) is 5.63. The molecule has 1 saturated heterocycles. The second-order valence-electron chi connectivity index (χ2n) is 5.36. The molecule has 3 amide bonds. The Morgan fingerprint density at radius 3 is 2.73 bits per heavy atom. The Labute approximate surface area is 130 Å². The minimum atomic E-state index is -0.206. The number of urea groups is 1. The molecule has 1 aromatic carbocycles. The number of anilines is 1. The van der Waals surface area contributed by atoms with E-state index in [9.17, 15) is 9.59 Å². The molecule has 0 aliphatic carbocycles. The highest BCUT2D eigenvalue weighted by Crippen LogP contribution is 2.24. The van der Waals surface area contributed by atoms with Gasteiger partial charge in [0, 0.05) is 25.2 Å². The number of hydrogen-bond donors (Lipinski definition) is 2. The van der Waals surface area contributed by atoms with Gasteiger partial charge in [-0.3, -0.25) is 4.79 Å². The molecule has 0 radical (unpaired) electrons. The molecule has 120 valence electrons. The molecular weight excluding hydrogens is 282 g/mol.